The van der Waals surface area contributed by atoms with Gasteiger partial charge in [0.15, 0.2) is 0 Å². The van der Waals surface area contributed by atoms with E-state index in [2.05, 4.69) is 15.6 Å². The number of nitrogens with one attached hydrogen (secondary N) is 1. The van der Waals surface area contributed by atoms with Gasteiger partial charge in [-0.05, 0) is 58.0 Å². The normalized spacial score (nSPS) is 11.2. The lowest BCUT2D eigenvalue weighted by Crippen LogP contribution is -2.26. The van der Waals surface area contributed by atoms with Crippen molar-refractivity contribution in [2.24, 2.45) is 0 Å². The molecule has 7 nitrogen and oxygen atoms in total. The van der Waals surface area contributed by atoms with Crippen LogP contribution in [0.2, 0.25) is 0 Å². The minimum Gasteiger partial charge on any atom is -0.340 e. The second kappa shape index (κ2) is 6.51. The third-order valence-electron chi connectivity index (χ3n) is 4.18. The van der Waals surface area contributed by atoms with Crippen molar-refractivity contribution in [3.8, 4) is 0 Å². The number of aromatic nitrogens is 4. The first-order valence-corrected chi connectivity index (χ1v) is 8.18. The van der Waals surface area contributed by atoms with Gasteiger partial charge in [0.05, 0.1) is 11.4 Å². The number of anilines is 1. The predicted molar refractivity (Wildman–Crippen MR) is 96.7 cm³/mol. The zero-order valence-corrected chi connectivity index (χ0v) is 14.8. The minimum absolute atomic E-state index is 0.0812. The first-order chi connectivity index (χ1) is 11.9. The Labute approximate surface area is 145 Å². The number of amides is 1. The summed E-state index contributed by atoms with van der Waals surface area (Å²) in [6.07, 6.45) is 0. The lowest BCUT2D eigenvalue weighted by Gasteiger charge is -2.11. The van der Waals surface area contributed by atoms with E-state index in [4.69, 9.17) is 0 Å². The van der Waals surface area contributed by atoms with E-state index in [1.807, 2.05) is 44.4 Å². The molecular weight excluding hydrogens is 318 g/mol. The molecule has 1 N–H and O–H groups in total. The summed E-state index contributed by atoms with van der Waals surface area (Å²) in [7, 11) is 0. The van der Waals surface area contributed by atoms with Gasteiger partial charge in [0, 0.05) is 17.1 Å². The standard InChI is InChI=1S/C18H21N5O2/c1-11(2)23-18(25)15-9-14(7-8-16(15)20-21-23)19-17(24)10-22-12(3)5-6-13(22)4/h5-9,11H,10H2,1-4H3,(H,19,24). The van der Waals surface area contributed by atoms with Crippen molar-refractivity contribution < 1.29 is 4.79 Å². The first kappa shape index (κ1) is 16.9. The summed E-state index contributed by atoms with van der Waals surface area (Å²) in [5, 5.41) is 11.3. The first-order valence-electron chi connectivity index (χ1n) is 8.18. The maximum atomic E-state index is 12.5. The number of nitrogens with zero attached hydrogens (tertiary/aromatic N) is 4. The lowest BCUT2D eigenvalue weighted by atomic mass is 10.2. The molecule has 25 heavy (non-hydrogen) atoms. The average Bonchev–Trinajstić information content (AvgIpc) is 2.87. The van der Waals surface area contributed by atoms with Crippen LogP contribution in [-0.2, 0) is 11.3 Å². The SMILES string of the molecule is Cc1ccc(C)n1CC(=O)Nc1ccc2nnn(C(C)C)c(=O)c2c1. The summed E-state index contributed by atoms with van der Waals surface area (Å²) >= 11 is 0. The molecule has 3 aromatic rings. The topological polar surface area (TPSA) is 81.8 Å². The lowest BCUT2D eigenvalue weighted by molar-refractivity contribution is -0.116. The third kappa shape index (κ3) is 3.31. The zero-order chi connectivity index (χ0) is 18.1. The smallest absolute Gasteiger partial charge is 0.277 e. The molecule has 2 heterocycles. The molecule has 1 aromatic carbocycles. The maximum absolute atomic E-state index is 12.5. The van der Waals surface area contributed by atoms with Crippen LogP contribution in [0.15, 0.2) is 35.1 Å². The summed E-state index contributed by atoms with van der Waals surface area (Å²) in [5.41, 5.74) is 2.92. The van der Waals surface area contributed by atoms with E-state index in [1.165, 1.54) is 4.68 Å². The Morgan fingerprint density at radius 3 is 2.48 bits per heavy atom. The summed E-state index contributed by atoms with van der Waals surface area (Å²) < 4.78 is 3.27. The second-order valence-electron chi connectivity index (χ2n) is 6.42. The van der Waals surface area contributed by atoms with Gasteiger partial charge in [-0.2, -0.15) is 0 Å². The molecule has 0 aliphatic carbocycles. The highest BCUT2D eigenvalue weighted by atomic mass is 16.2. The molecule has 0 unspecified atom stereocenters. The number of aryl methyl sites for hydroxylation is 2. The van der Waals surface area contributed by atoms with Gasteiger partial charge in [-0.3, -0.25) is 9.59 Å². The van der Waals surface area contributed by atoms with Crippen LogP contribution in [0.3, 0.4) is 0 Å². The summed E-state index contributed by atoms with van der Waals surface area (Å²) in [4.78, 5) is 24.8. The Bertz CT molecular complexity index is 981. The highest BCUT2D eigenvalue weighted by molar-refractivity contribution is 5.93. The molecule has 0 atom stereocenters. The van der Waals surface area contributed by atoms with Crippen molar-refractivity contribution in [2.75, 3.05) is 5.32 Å². The van der Waals surface area contributed by atoms with Crippen molar-refractivity contribution in [3.05, 3.63) is 52.1 Å². The van der Waals surface area contributed by atoms with Gasteiger partial charge in [0.1, 0.15) is 12.1 Å². The summed E-state index contributed by atoms with van der Waals surface area (Å²) in [6, 6.07) is 8.94. The Morgan fingerprint density at radius 2 is 1.84 bits per heavy atom. The van der Waals surface area contributed by atoms with Crippen molar-refractivity contribution in [3.63, 3.8) is 0 Å². The molecule has 0 saturated heterocycles. The molecule has 2 aromatic heterocycles. The van der Waals surface area contributed by atoms with Crippen LogP contribution in [-0.4, -0.2) is 25.5 Å². The highest BCUT2D eigenvalue weighted by Crippen LogP contribution is 2.15. The van der Waals surface area contributed by atoms with E-state index in [9.17, 15) is 9.59 Å². The van der Waals surface area contributed by atoms with Gasteiger partial charge >= 0.3 is 0 Å². The van der Waals surface area contributed by atoms with E-state index in [0.29, 0.717) is 16.6 Å². The predicted octanol–water partition coefficient (Wildman–Crippen LogP) is 2.43. The van der Waals surface area contributed by atoms with Crippen LogP contribution in [0.4, 0.5) is 5.69 Å². The number of hydrogen-bond acceptors (Lipinski definition) is 4. The van der Waals surface area contributed by atoms with Gasteiger partial charge < -0.3 is 9.88 Å². The molecule has 0 aliphatic rings. The van der Waals surface area contributed by atoms with Crippen LogP contribution in [0.1, 0.15) is 31.3 Å². The Kier molecular flexibility index (Phi) is 4.39. The molecule has 0 spiro atoms. The van der Waals surface area contributed by atoms with E-state index in [-0.39, 0.29) is 24.1 Å². The van der Waals surface area contributed by atoms with Gasteiger partial charge in [-0.25, -0.2) is 4.68 Å². The maximum Gasteiger partial charge on any atom is 0.277 e. The molecule has 0 bridgehead atoms. The van der Waals surface area contributed by atoms with Crippen LogP contribution in [0.25, 0.3) is 10.9 Å². The Morgan fingerprint density at radius 1 is 1.16 bits per heavy atom. The largest absolute Gasteiger partial charge is 0.340 e. The highest BCUT2D eigenvalue weighted by Gasteiger charge is 2.11. The fourth-order valence-corrected chi connectivity index (χ4v) is 2.76. The van der Waals surface area contributed by atoms with Gasteiger partial charge in [0.2, 0.25) is 5.91 Å². The second-order valence-corrected chi connectivity index (χ2v) is 6.42. The molecule has 0 radical (unpaired) electrons. The molecule has 1 amide bonds. The molecule has 0 fully saturated rings. The van der Waals surface area contributed by atoms with Crippen molar-refractivity contribution >= 4 is 22.5 Å². The zero-order valence-electron chi connectivity index (χ0n) is 14.8. The number of carbonyl (C=O) groups excluding carboxylic acids is 1. The van der Waals surface area contributed by atoms with Crippen LogP contribution < -0.4 is 10.9 Å². The van der Waals surface area contributed by atoms with Gasteiger partial charge in [-0.15, -0.1) is 5.10 Å². The summed E-state index contributed by atoms with van der Waals surface area (Å²) in [5.74, 6) is -0.145. The minimum atomic E-state index is -0.215. The van der Waals surface area contributed by atoms with Crippen LogP contribution in [0, 0.1) is 13.8 Å². The van der Waals surface area contributed by atoms with E-state index in [0.717, 1.165) is 11.4 Å². The van der Waals surface area contributed by atoms with Crippen molar-refractivity contribution in [1.82, 2.24) is 19.6 Å². The van der Waals surface area contributed by atoms with E-state index < -0.39 is 0 Å². The molecule has 0 aliphatic heterocycles. The fraction of sp³-hybridized carbons (Fsp3) is 0.333. The molecule has 7 heteroatoms. The fourth-order valence-electron chi connectivity index (χ4n) is 2.76. The van der Waals surface area contributed by atoms with Crippen LogP contribution in [0.5, 0.6) is 0 Å². The monoisotopic (exact) mass is 339 g/mol. The third-order valence-corrected chi connectivity index (χ3v) is 4.18. The van der Waals surface area contributed by atoms with E-state index >= 15 is 0 Å². The molecule has 0 saturated carbocycles. The van der Waals surface area contributed by atoms with Gasteiger partial charge in [0.25, 0.3) is 5.56 Å². The molecule has 3 rings (SSSR count). The number of hydrogen-bond donors (Lipinski definition) is 1. The summed E-state index contributed by atoms with van der Waals surface area (Å²) in [6.45, 7) is 7.89. The molecule has 130 valence electrons. The van der Waals surface area contributed by atoms with Crippen molar-refractivity contribution in [2.45, 2.75) is 40.3 Å². The Hall–Kier alpha value is -2.96. The number of carbonyl (C=O) groups is 1. The van der Waals surface area contributed by atoms with Crippen LogP contribution >= 0.6 is 0 Å². The van der Waals surface area contributed by atoms with Crippen molar-refractivity contribution in [1.29, 1.82) is 0 Å². The number of rotatable bonds is 4. The average molecular weight is 339 g/mol. The van der Waals surface area contributed by atoms with E-state index in [1.54, 1.807) is 18.2 Å². The quantitative estimate of drug-likeness (QED) is 0.791. The Balaban J connectivity index is 1.88. The number of fused-ring (bicyclic) bond motifs is 1. The molecular formula is C18H21N5O2. The van der Waals surface area contributed by atoms with Gasteiger partial charge in [-0.1, -0.05) is 5.21 Å². The number of benzene rings is 1.